The van der Waals surface area contributed by atoms with Gasteiger partial charge in [0.05, 0.1) is 6.10 Å². The molecule has 0 radical (unpaired) electrons. The molecule has 0 amide bonds. The average Bonchev–Trinajstić information content (AvgIpc) is 2.23. The molecule has 4 heteroatoms. The van der Waals surface area contributed by atoms with Gasteiger partial charge in [-0.1, -0.05) is 6.08 Å². The maximum Gasteiger partial charge on any atom is 0.188 e. The molecule has 0 aromatic carbocycles. The Labute approximate surface area is 91.6 Å². The fourth-order valence-electron chi connectivity index (χ4n) is 1.72. The maximum absolute atomic E-state index is 5.67. The summed E-state index contributed by atoms with van der Waals surface area (Å²) in [6, 6.07) is 0. The van der Waals surface area contributed by atoms with Crippen molar-refractivity contribution in [1.82, 2.24) is 5.32 Å². The summed E-state index contributed by atoms with van der Waals surface area (Å²) in [5, 5.41) is 2.96. The number of nitrogens with two attached hydrogens (primary N) is 1. The number of aliphatic imine (C=N–C) groups is 1. The molecule has 15 heavy (non-hydrogen) atoms. The molecule has 1 saturated heterocycles. The van der Waals surface area contributed by atoms with E-state index in [4.69, 9.17) is 10.5 Å². The summed E-state index contributed by atoms with van der Waals surface area (Å²) in [7, 11) is 0. The van der Waals surface area contributed by atoms with E-state index in [0.29, 0.717) is 24.5 Å². The summed E-state index contributed by atoms with van der Waals surface area (Å²) in [5.74, 6) is 1.12. The van der Waals surface area contributed by atoms with E-state index in [-0.39, 0.29) is 0 Å². The van der Waals surface area contributed by atoms with Gasteiger partial charge < -0.3 is 15.8 Å². The fourth-order valence-corrected chi connectivity index (χ4v) is 1.72. The van der Waals surface area contributed by atoms with Crippen LogP contribution < -0.4 is 11.1 Å². The Bertz CT molecular complexity index is 228. The zero-order valence-electron chi connectivity index (χ0n) is 9.41. The molecule has 1 aliphatic heterocycles. The monoisotopic (exact) mass is 211 g/mol. The van der Waals surface area contributed by atoms with Gasteiger partial charge in [0.2, 0.25) is 0 Å². The Morgan fingerprint density at radius 1 is 1.73 bits per heavy atom. The standard InChI is InChI=1S/C11H21N3O/c1-3-5-13-11(12)14-8-10-4-6-15-9(2)7-10/h3,9-10H,1,4-8H2,2H3,(H3,12,13,14). The molecule has 4 nitrogen and oxygen atoms in total. The summed E-state index contributed by atoms with van der Waals surface area (Å²) in [6.07, 6.45) is 4.29. The third-order valence-electron chi connectivity index (χ3n) is 2.54. The van der Waals surface area contributed by atoms with Crippen molar-refractivity contribution in [2.24, 2.45) is 16.6 Å². The lowest BCUT2D eigenvalue weighted by Crippen LogP contribution is -2.33. The first-order valence-electron chi connectivity index (χ1n) is 5.48. The van der Waals surface area contributed by atoms with Crippen LogP contribution >= 0.6 is 0 Å². The molecule has 3 N–H and O–H groups in total. The Balaban J connectivity index is 2.25. The Morgan fingerprint density at radius 3 is 3.20 bits per heavy atom. The van der Waals surface area contributed by atoms with Gasteiger partial charge in [-0.2, -0.15) is 0 Å². The first-order chi connectivity index (χ1) is 7.22. The molecule has 0 aromatic heterocycles. The third-order valence-corrected chi connectivity index (χ3v) is 2.54. The van der Waals surface area contributed by atoms with Crippen molar-refractivity contribution in [3.63, 3.8) is 0 Å². The molecule has 1 heterocycles. The summed E-state index contributed by atoms with van der Waals surface area (Å²) < 4.78 is 5.47. The highest BCUT2D eigenvalue weighted by molar-refractivity contribution is 5.77. The predicted octanol–water partition coefficient (Wildman–Crippen LogP) is 0.892. The van der Waals surface area contributed by atoms with E-state index in [9.17, 15) is 0 Å². The minimum absolute atomic E-state index is 0.362. The number of ether oxygens (including phenoxy) is 1. The van der Waals surface area contributed by atoms with Gasteiger partial charge in [-0.15, -0.1) is 6.58 Å². The first kappa shape index (κ1) is 12.0. The summed E-state index contributed by atoms with van der Waals surface area (Å²) >= 11 is 0. The molecule has 0 spiro atoms. The molecule has 0 aliphatic carbocycles. The minimum Gasteiger partial charge on any atom is -0.378 e. The van der Waals surface area contributed by atoms with Gasteiger partial charge in [0.25, 0.3) is 0 Å². The van der Waals surface area contributed by atoms with Crippen molar-refractivity contribution in [2.75, 3.05) is 19.7 Å². The van der Waals surface area contributed by atoms with Crippen molar-refractivity contribution in [3.05, 3.63) is 12.7 Å². The Kier molecular flexibility index (Phi) is 5.18. The van der Waals surface area contributed by atoms with Crippen molar-refractivity contribution in [3.8, 4) is 0 Å². The van der Waals surface area contributed by atoms with E-state index in [2.05, 4.69) is 23.8 Å². The van der Waals surface area contributed by atoms with Crippen LogP contribution in [0.3, 0.4) is 0 Å². The highest BCUT2D eigenvalue weighted by Crippen LogP contribution is 2.19. The second-order valence-electron chi connectivity index (χ2n) is 3.97. The number of hydrogen-bond acceptors (Lipinski definition) is 2. The Morgan fingerprint density at radius 2 is 2.53 bits per heavy atom. The highest BCUT2D eigenvalue weighted by atomic mass is 16.5. The van der Waals surface area contributed by atoms with Gasteiger partial charge in [-0.25, -0.2) is 0 Å². The van der Waals surface area contributed by atoms with E-state index in [1.807, 2.05) is 0 Å². The van der Waals surface area contributed by atoms with Gasteiger partial charge in [0, 0.05) is 19.7 Å². The second-order valence-corrected chi connectivity index (χ2v) is 3.97. The van der Waals surface area contributed by atoms with Crippen LogP contribution in [0.2, 0.25) is 0 Å². The van der Waals surface area contributed by atoms with Crippen LogP contribution in [-0.2, 0) is 4.74 Å². The number of hydrogen-bond donors (Lipinski definition) is 2. The molecule has 1 aliphatic rings. The largest absolute Gasteiger partial charge is 0.378 e. The average molecular weight is 211 g/mol. The van der Waals surface area contributed by atoms with Crippen LogP contribution in [0.25, 0.3) is 0 Å². The molecular weight excluding hydrogens is 190 g/mol. The molecule has 2 unspecified atom stereocenters. The smallest absolute Gasteiger partial charge is 0.188 e. The lowest BCUT2D eigenvalue weighted by Gasteiger charge is -2.26. The molecule has 0 bridgehead atoms. The quantitative estimate of drug-likeness (QED) is 0.412. The van der Waals surface area contributed by atoms with Crippen molar-refractivity contribution in [2.45, 2.75) is 25.9 Å². The summed E-state index contributed by atoms with van der Waals surface area (Å²) in [4.78, 5) is 4.30. The van der Waals surface area contributed by atoms with Crippen molar-refractivity contribution >= 4 is 5.96 Å². The zero-order valence-corrected chi connectivity index (χ0v) is 9.41. The first-order valence-corrected chi connectivity index (χ1v) is 5.48. The highest BCUT2D eigenvalue weighted by Gasteiger charge is 2.18. The molecular formula is C11H21N3O. The second kappa shape index (κ2) is 6.45. The van der Waals surface area contributed by atoms with Crippen molar-refractivity contribution < 1.29 is 4.74 Å². The number of nitrogens with one attached hydrogen (secondary N) is 1. The van der Waals surface area contributed by atoms with Gasteiger partial charge in [0.15, 0.2) is 5.96 Å². The van der Waals surface area contributed by atoms with Crippen molar-refractivity contribution in [1.29, 1.82) is 0 Å². The molecule has 0 aromatic rings. The summed E-state index contributed by atoms with van der Waals surface area (Å²) in [5.41, 5.74) is 5.67. The van der Waals surface area contributed by atoms with Gasteiger partial charge >= 0.3 is 0 Å². The van der Waals surface area contributed by atoms with Crippen LogP contribution in [-0.4, -0.2) is 31.8 Å². The lowest BCUT2D eigenvalue weighted by atomic mass is 9.96. The van der Waals surface area contributed by atoms with Crippen LogP contribution in [0.4, 0.5) is 0 Å². The molecule has 86 valence electrons. The molecule has 1 rings (SSSR count). The van der Waals surface area contributed by atoms with Gasteiger partial charge in [-0.3, -0.25) is 4.99 Å². The number of guanidine groups is 1. The van der Waals surface area contributed by atoms with E-state index in [1.165, 1.54) is 0 Å². The minimum atomic E-state index is 0.362. The van der Waals surface area contributed by atoms with Gasteiger partial charge in [0.1, 0.15) is 0 Å². The van der Waals surface area contributed by atoms with Crippen LogP contribution in [0.15, 0.2) is 17.6 Å². The summed E-state index contributed by atoms with van der Waals surface area (Å²) in [6.45, 7) is 8.02. The molecule has 1 fully saturated rings. The van der Waals surface area contributed by atoms with Crippen LogP contribution in [0, 0.1) is 5.92 Å². The zero-order chi connectivity index (χ0) is 11.1. The Hall–Kier alpha value is -1.03. The van der Waals surface area contributed by atoms with E-state index in [1.54, 1.807) is 6.08 Å². The van der Waals surface area contributed by atoms with Crippen LogP contribution in [0.1, 0.15) is 19.8 Å². The normalized spacial score (nSPS) is 27.4. The van der Waals surface area contributed by atoms with E-state index >= 15 is 0 Å². The van der Waals surface area contributed by atoms with Gasteiger partial charge in [-0.05, 0) is 25.7 Å². The SMILES string of the molecule is C=CCNC(N)=NCC1CCOC(C)C1. The lowest BCUT2D eigenvalue weighted by molar-refractivity contribution is 0.00481. The van der Waals surface area contributed by atoms with E-state index in [0.717, 1.165) is 26.0 Å². The molecule has 0 saturated carbocycles. The van der Waals surface area contributed by atoms with E-state index < -0.39 is 0 Å². The maximum atomic E-state index is 5.67. The number of nitrogens with zero attached hydrogens (tertiary/aromatic N) is 1. The van der Waals surface area contributed by atoms with Crippen LogP contribution in [0.5, 0.6) is 0 Å². The molecule has 2 atom stereocenters. The fraction of sp³-hybridized carbons (Fsp3) is 0.727. The topological polar surface area (TPSA) is 59.6 Å². The third kappa shape index (κ3) is 4.83. The number of rotatable bonds is 4. The predicted molar refractivity (Wildman–Crippen MR) is 62.8 cm³/mol.